The van der Waals surface area contributed by atoms with E-state index in [2.05, 4.69) is 25.9 Å². The molecule has 5 nitrogen and oxygen atoms in total. The molecule has 1 spiro atoms. The number of halogens is 2. The fourth-order valence-corrected chi connectivity index (χ4v) is 3.88. The normalized spacial score (nSPS) is 20.8. The molecule has 1 aromatic carbocycles. The van der Waals surface area contributed by atoms with Crippen LogP contribution in [0.4, 0.5) is 10.1 Å². The maximum absolute atomic E-state index is 13.9. The summed E-state index contributed by atoms with van der Waals surface area (Å²) in [4.78, 5) is 10.6. The number of nitrogens with two attached hydrogens (primary N) is 2. The van der Waals surface area contributed by atoms with Crippen LogP contribution in [0.2, 0.25) is 0 Å². The quantitative estimate of drug-likeness (QED) is 0.800. The second-order valence-electron chi connectivity index (χ2n) is 5.88. The smallest absolute Gasteiger partial charge is 0.220 e. The van der Waals surface area contributed by atoms with Crippen LogP contribution in [0.25, 0.3) is 0 Å². The van der Waals surface area contributed by atoms with Crippen LogP contribution < -0.4 is 16.4 Å². The third-order valence-electron chi connectivity index (χ3n) is 4.30. The van der Waals surface area contributed by atoms with E-state index < -0.39 is 5.66 Å². The molecule has 0 amide bonds. The van der Waals surface area contributed by atoms with Gasteiger partial charge >= 0.3 is 0 Å². The summed E-state index contributed by atoms with van der Waals surface area (Å²) >= 11 is 3.26. The first-order valence-corrected chi connectivity index (χ1v) is 8.18. The Morgan fingerprint density at radius 3 is 2.55 bits per heavy atom. The average Bonchev–Trinajstić information content (AvgIpc) is 2.44. The van der Waals surface area contributed by atoms with Crippen LogP contribution in [0, 0.1) is 12.7 Å². The van der Waals surface area contributed by atoms with Crippen LogP contribution >= 0.6 is 15.9 Å². The molecular weight excluding hydrogens is 349 g/mol. The minimum absolute atomic E-state index is 0.216. The Hall–Kier alpha value is -1.63. The number of hydrogen-bond acceptors (Lipinski definition) is 5. The second-order valence-corrected chi connectivity index (χ2v) is 6.73. The molecule has 7 heteroatoms. The molecule has 2 aliphatic rings. The van der Waals surface area contributed by atoms with Gasteiger partial charge in [-0.1, -0.05) is 6.42 Å². The van der Waals surface area contributed by atoms with Crippen molar-refractivity contribution in [3.8, 4) is 0 Å². The van der Waals surface area contributed by atoms with Gasteiger partial charge in [0.25, 0.3) is 0 Å². The lowest BCUT2D eigenvalue weighted by atomic mass is 9.87. The molecule has 4 N–H and O–H groups in total. The molecule has 0 atom stereocenters. The van der Waals surface area contributed by atoms with Gasteiger partial charge in [-0.25, -0.2) is 9.38 Å². The molecule has 118 valence electrons. The molecule has 1 aliphatic carbocycles. The highest BCUT2D eigenvalue weighted by atomic mass is 79.9. The largest absolute Gasteiger partial charge is 0.369 e. The maximum Gasteiger partial charge on any atom is 0.220 e. The van der Waals surface area contributed by atoms with Crippen LogP contribution in [0.1, 0.15) is 37.7 Å². The topological polar surface area (TPSA) is 80.0 Å². The van der Waals surface area contributed by atoms with Crippen molar-refractivity contribution in [1.29, 1.82) is 0 Å². The monoisotopic (exact) mass is 367 g/mol. The Bertz CT molecular complexity index is 641. The van der Waals surface area contributed by atoms with E-state index in [1.807, 2.05) is 4.90 Å². The van der Waals surface area contributed by atoms with Gasteiger partial charge in [-0.15, -0.1) is 0 Å². The highest BCUT2D eigenvalue weighted by Crippen LogP contribution is 2.40. The summed E-state index contributed by atoms with van der Waals surface area (Å²) in [6, 6.07) is 3.49. The van der Waals surface area contributed by atoms with Gasteiger partial charge < -0.3 is 11.5 Å². The molecule has 3 rings (SSSR count). The Labute approximate surface area is 137 Å². The van der Waals surface area contributed by atoms with E-state index in [1.54, 1.807) is 19.1 Å². The number of hydrogen-bond donors (Lipinski definition) is 2. The maximum atomic E-state index is 13.9. The number of guanidine groups is 2. The Morgan fingerprint density at radius 2 is 1.91 bits per heavy atom. The first-order chi connectivity index (χ1) is 10.4. The van der Waals surface area contributed by atoms with Crippen LogP contribution in [0.15, 0.2) is 26.6 Å². The Kier molecular flexibility index (Phi) is 3.84. The van der Waals surface area contributed by atoms with Crippen molar-refractivity contribution >= 4 is 33.5 Å². The number of benzene rings is 1. The Morgan fingerprint density at radius 1 is 1.23 bits per heavy atom. The molecule has 1 fully saturated rings. The summed E-state index contributed by atoms with van der Waals surface area (Å²) in [6.07, 6.45) is 5.01. The summed E-state index contributed by atoms with van der Waals surface area (Å²) in [7, 11) is 0. The predicted octanol–water partition coefficient (Wildman–Crippen LogP) is 3.01. The predicted molar refractivity (Wildman–Crippen MR) is 90.4 cm³/mol. The van der Waals surface area contributed by atoms with Gasteiger partial charge in [-0.05, 0) is 66.2 Å². The van der Waals surface area contributed by atoms with E-state index in [0.29, 0.717) is 16.0 Å². The molecule has 1 saturated carbocycles. The van der Waals surface area contributed by atoms with Crippen LogP contribution in [-0.2, 0) is 0 Å². The SMILES string of the molecule is Cc1cc(N2C(N)=NC(N)=NC23CCCCC3)cc(Br)c1F. The summed E-state index contributed by atoms with van der Waals surface area (Å²) in [5.74, 6) is 0.262. The average molecular weight is 368 g/mol. The van der Waals surface area contributed by atoms with Gasteiger partial charge in [0.1, 0.15) is 11.5 Å². The number of aliphatic imine (C=N–C) groups is 2. The minimum Gasteiger partial charge on any atom is -0.369 e. The molecule has 1 aliphatic heterocycles. The summed E-state index contributed by atoms with van der Waals surface area (Å²) in [5, 5.41) is 0. The zero-order valence-corrected chi connectivity index (χ0v) is 14.0. The van der Waals surface area contributed by atoms with Crippen molar-refractivity contribution in [3.05, 3.63) is 28.0 Å². The summed E-state index contributed by atoms with van der Waals surface area (Å²) in [5.41, 5.74) is 12.8. The fraction of sp³-hybridized carbons (Fsp3) is 0.467. The molecule has 0 saturated heterocycles. The number of rotatable bonds is 1. The minimum atomic E-state index is -0.502. The van der Waals surface area contributed by atoms with Gasteiger partial charge in [0.15, 0.2) is 0 Å². The first-order valence-electron chi connectivity index (χ1n) is 7.38. The van der Waals surface area contributed by atoms with Crippen molar-refractivity contribution in [1.82, 2.24) is 0 Å². The van der Waals surface area contributed by atoms with E-state index in [1.165, 1.54) is 6.42 Å². The van der Waals surface area contributed by atoms with Crippen LogP contribution in [0.3, 0.4) is 0 Å². The number of anilines is 1. The van der Waals surface area contributed by atoms with Gasteiger partial charge in [0.2, 0.25) is 11.9 Å². The fourth-order valence-electron chi connectivity index (χ4n) is 3.33. The Balaban J connectivity index is 2.12. The van der Waals surface area contributed by atoms with E-state index in [0.717, 1.165) is 31.4 Å². The standard InChI is InChI=1S/C15H19BrFN5/c1-9-7-10(8-11(16)12(9)17)22-14(19)20-13(18)21-15(22)5-3-2-4-6-15/h7-8H,2-6H2,1H3,(H4,18,19,20,21). The van der Waals surface area contributed by atoms with Crippen LogP contribution in [0.5, 0.6) is 0 Å². The lowest BCUT2D eigenvalue weighted by Gasteiger charge is -2.45. The summed E-state index contributed by atoms with van der Waals surface area (Å²) < 4.78 is 14.3. The molecule has 0 bridgehead atoms. The second kappa shape index (κ2) is 5.53. The first kappa shape index (κ1) is 15.3. The van der Waals surface area contributed by atoms with E-state index in [9.17, 15) is 4.39 Å². The highest BCUT2D eigenvalue weighted by Gasteiger charge is 2.42. The van der Waals surface area contributed by atoms with Crippen molar-refractivity contribution in [2.75, 3.05) is 4.90 Å². The van der Waals surface area contributed by atoms with Crippen LogP contribution in [-0.4, -0.2) is 17.6 Å². The molecule has 0 radical (unpaired) electrons. The summed E-state index contributed by atoms with van der Waals surface area (Å²) in [6.45, 7) is 1.73. The van der Waals surface area contributed by atoms with E-state index in [-0.39, 0.29) is 11.8 Å². The number of aryl methyl sites for hydroxylation is 1. The third kappa shape index (κ3) is 2.47. The van der Waals surface area contributed by atoms with Gasteiger partial charge in [0.05, 0.1) is 4.47 Å². The molecule has 1 aromatic rings. The zero-order valence-electron chi connectivity index (χ0n) is 12.4. The van der Waals surface area contributed by atoms with Crippen molar-refractivity contribution in [3.63, 3.8) is 0 Å². The molecule has 0 aromatic heterocycles. The van der Waals surface area contributed by atoms with Gasteiger partial charge in [-0.3, -0.25) is 4.90 Å². The van der Waals surface area contributed by atoms with Crippen molar-refractivity contribution in [2.24, 2.45) is 21.5 Å². The van der Waals surface area contributed by atoms with Crippen molar-refractivity contribution in [2.45, 2.75) is 44.7 Å². The third-order valence-corrected chi connectivity index (χ3v) is 4.88. The molecule has 22 heavy (non-hydrogen) atoms. The molecule has 1 heterocycles. The number of nitrogens with zero attached hydrogens (tertiary/aromatic N) is 3. The van der Waals surface area contributed by atoms with Crippen molar-refractivity contribution < 1.29 is 4.39 Å². The highest BCUT2D eigenvalue weighted by molar-refractivity contribution is 9.10. The lowest BCUT2D eigenvalue weighted by Crippen LogP contribution is -2.58. The lowest BCUT2D eigenvalue weighted by molar-refractivity contribution is 0.305. The van der Waals surface area contributed by atoms with Gasteiger partial charge in [0, 0.05) is 5.69 Å². The van der Waals surface area contributed by atoms with Gasteiger partial charge in [-0.2, -0.15) is 4.99 Å². The van der Waals surface area contributed by atoms with E-state index >= 15 is 0 Å². The zero-order chi connectivity index (χ0) is 15.9. The van der Waals surface area contributed by atoms with E-state index in [4.69, 9.17) is 11.5 Å². The molecular formula is C15H19BrFN5. The molecule has 0 unspecified atom stereocenters.